The van der Waals surface area contributed by atoms with E-state index in [4.69, 9.17) is 9.47 Å². The highest BCUT2D eigenvalue weighted by Crippen LogP contribution is 2.40. The van der Waals surface area contributed by atoms with Gasteiger partial charge in [-0.05, 0) is 26.4 Å². The van der Waals surface area contributed by atoms with Crippen molar-refractivity contribution in [3.05, 3.63) is 0 Å². The second-order valence-electron chi connectivity index (χ2n) is 5.85. The van der Waals surface area contributed by atoms with Gasteiger partial charge in [-0.15, -0.1) is 0 Å². The molecule has 0 aromatic rings. The Kier molecular flexibility index (Phi) is 5.60. The summed E-state index contributed by atoms with van der Waals surface area (Å²) >= 11 is 0. The van der Waals surface area contributed by atoms with Crippen LogP contribution in [0.15, 0.2) is 0 Å². The lowest BCUT2D eigenvalue weighted by Crippen LogP contribution is -2.47. The Morgan fingerprint density at radius 2 is 2.22 bits per heavy atom. The molecule has 1 fully saturated rings. The maximum atomic E-state index is 12.2. The minimum atomic E-state index is -0.484. The smallest absolute Gasteiger partial charge is 0.315 e. The Hall–Kier alpha value is -0.610. The first kappa shape index (κ1) is 15.4. The fourth-order valence-corrected chi connectivity index (χ4v) is 2.84. The van der Waals surface area contributed by atoms with E-state index in [-0.39, 0.29) is 11.9 Å². The molecule has 18 heavy (non-hydrogen) atoms. The fraction of sp³-hybridized carbons (Fsp3) is 0.929. The lowest BCUT2D eigenvalue weighted by Gasteiger charge is -2.34. The van der Waals surface area contributed by atoms with Gasteiger partial charge in [-0.2, -0.15) is 0 Å². The Morgan fingerprint density at radius 1 is 1.56 bits per heavy atom. The summed E-state index contributed by atoms with van der Waals surface area (Å²) < 4.78 is 10.7. The Bertz CT molecular complexity index is 280. The second-order valence-corrected chi connectivity index (χ2v) is 5.85. The third kappa shape index (κ3) is 3.23. The van der Waals surface area contributed by atoms with E-state index in [1.807, 2.05) is 14.1 Å². The molecular weight excluding hydrogens is 230 g/mol. The number of hydrogen-bond acceptors (Lipinski definition) is 4. The lowest BCUT2D eigenvalue weighted by atomic mass is 9.73. The predicted octanol–water partition coefficient (Wildman–Crippen LogP) is 1.79. The van der Waals surface area contributed by atoms with Crippen LogP contribution in [0.4, 0.5) is 0 Å². The zero-order chi connectivity index (χ0) is 13.8. The van der Waals surface area contributed by atoms with Crippen molar-refractivity contribution in [3.8, 4) is 0 Å². The highest BCUT2D eigenvalue weighted by atomic mass is 16.5. The second kappa shape index (κ2) is 6.53. The van der Waals surface area contributed by atoms with Gasteiger partial charge in [-0.25, -0.2) is 0 Å². The van der Waals surface area contributed by atoms with Crippen LogP contribution in [0.3, 0.4) is 0 Å². The van der Waals surface area contributed by atoms with E-state index in [1.54, 1.807) is 0 Å². The molecule has 0 aromatic carbocycles. The first-order chi connectivity index (χ1) is 8.46. The summed E-state index contributed by atoms with van der Waals surface area (Å²) in [7, 11) is 5.45. The molecule has 0 aromatic heterocycles. The highest BCUT2D eigenvalue weighted by molar-refractivity contribution is 5.78. The predicted molar refractivity (Wildman–Crippen MR) is 71.4 cm³/mol. The largest absolute Gasteiger partial charge is 0.468 e. The van der Waals surface area contributed by atoms with Crippen LogP contribution >= 0.6 is 0 Å². The molecule has 4 nitrogen and oxygen atoms in total. The van der Waals surface area contributed by atoms with E-state index in [0.29, 0.717) is 25.7 Å². The van der Waals surface area contributed by atoms with Crippen LogP contribution in [-0.2, 0) is 14.3 Å². The molecule has 0 bridgehead atoms. The zero-order valence-electron chi connectivity index (χ0n) is 12.4. The number of carbonyl (C=O) groups is 1. The normalized spacial score (nSPS) is 29.6. The van der Waals surface area contributed by atoms with Crippen molar-refractivity contribution in [3.63, 3.8) is 0 Å². The van der Waals surface area contributed by atoms with Crippen molar-refractivity contribution in [2.75, 3.05) is 41.0 Å². The maximum Gasteiger partial charge on any atom is 0.315 e. The zero-order valence-corrected chi connectivity index (χ0v) is 12.4. The molecule has 0 radical (unpaired) electrons. The number of ether oxygens (including phenoxy) is 2. The first-order valence-electron chi connectivity index (χ1n) is 6.77. The van der Waals surface area contributed by atoms with Gasteiger partial charge in [0, 0.05) is 12.5 Å². The number of esters is 1. The molecule has 1 saturated heterocycles. The average Bonchev–Trinajstić information content (AvgIpc) is 2.71. The summed E-state index contributed by atoms with van der Waals surface area (Å²) in [6.45, 7) is 6.27. The van der Waals surface area contributed by atoms with Gasteiger partial charge in [-0.1, -0.05) is 20.3 Å². The monoisotopic (exact) mass is 257 g/mol. The molecule has 0 saturated carbocycles. The van der Waals surface area contributed by atoms with Gasteiger partial charge in [0.15, 0.2) is 0 Å². The van der Waals surface area contributed by atoms with E-state index >= 15 is 0 Å². The fourth-order valence-electron chi connectivity index (χ4n) is 2.84. The molecule has 3 atom stereocenters. The third-order valence-corrected chi connectivity index (χ3v) is 4.03. The number of methoxy groups -OCH3 is 1. The lowest BCUT2D eigenvalue weighted by molar-refractivity contribution is -0.156. The van der Waals surface area contributed by atoms with E-state index in [2.05, 4.69) is 18.7 Å². The van der Waals surface area contributed by atoms with Gasteiger partial charge in [0.25, 0.3) is 0 Å². The summed E-state index contributed by atoms with van der Waals surface area (Å²) in [5, 5.41) is 0. The summed E-state index contributed by atoms with van der Waals surface area (Å²) in [4.78, 5) is 14.3. The van der Waals surface area contributed by atoms with Crippen LogP contribution in [0.1, 0.15) is 26.7 Å². The van der Waals surface area contributed by atoms with Gasteiger partial charge in [0.1, 0.15) is 5.41 Å². The van der Waals surface area contributed by atoms with E-state index in [9.17, 15) is 4.79 Å². The van der Waals surface area contributed by atoms with Crippen LogP contribution in [0.25, 0.3) is 0 Å². The maximum absolute atomic E-state index is 12.2. The Labute approximate surface area is 111 Å². The van der Waals surface area contributed by atoms with Crippen molar-refractivity contribution in [2.24, 2.45) is 17.3 Å². The van der Waals surface area contributed by atoms with E-state index in [1.165, 1.54) is 7.11 Å². The molecule has 0 spiro atoms. The van der Waals surface area contributed by atoms with Crippen LogP contribution in [0, 0.1) is 17.3 Å². The van der Waals surface area contributed by atoms with Gasteiger partial charge in [-0.3, -0.25) is 4.79 Å². The van der Waals surface area contributed by atoms with Crippen molar-refractivity contribution in [1.82, 2.24) is 4.90 Å². The van der Waals surface area contributed by atoms with E-state index < -0.39 is 5.41 Å². The molecule has 1 aliphatic heterocycles. The van der Waals surface area contributed by atoms with Crippen LogP contribution in [-0.4, -0.2) is 51.8 Å². The number of hydrogen-bond donors (Lipinski definition) is 0. The summed E-state index contributed by atoms with van der Waals surface area (Å²) in [6.07, 6.45) is 2.16. The molecule has 0 amide bonds. The van der Waals surface area contributed by atoms with Crippen molar-refractivity contribution >= 4 is 5.97 Å². The molecule has 1 rings (SSSR count). The topological polar surface area (TPSA) is 38.8 Å². The number of nitrogens with zero attached hydrogens (tertiary/aromatic N) is 1. The molecule has 1 heterocycles. The van der Waals surface area contributed by atoms with Gasteiger partial charge >= 0.3 is 5.97 Å². The van der Waals surface area contributed by atoms with Crippen LogP contribution in [0.5, 0.6) is 0 Å². The standard InChI is InChI=1S/C14H27NO3/c1-6-11(2)7-12-8-18-10-14(12,9-15(3)4)13(16)17-5/h11-12H,6-10H2,1-5H3. The van der Waals surface area contributed by atoms with Gasteiger partial charge < -0.3 is 14.4 Å². The van der Waals surface area contributed by atoms with Gasteiger partial charge in [0.05, 0.1) is 20.3 Å². The van der Waals surface area contributed by atoms with E-state index in [0.717, 1.165) is 12.8 Å². The molecular formula is C14H27NO3. The van der Waals surface area contributed by atoms with Crippen LogP contribution < -0.4 is 0 Å². The van der Waals surface area contributed by atoms with Gasteiger partial charge in [0.2, 0.25) is 0 Å². The number of rotatable bonds is 6. The molecule has 4 heteroatoms. The average molecular weight is 257 g/mol. The summed E-state index contributed by atoms with van der Waals surface area (Å²) in [5.74, 6) is 0.757. The Morgan fingerprint density at radius 3 is 2.72 bits per heavy atom. The molecule has 1 aliphatic rings. The molecule has 106 valence electrons. The van der Waals surface area contributed by atoms with Crippen molar-refractivity contribution in [1.29, 1.82) is 0 Å². The third-order valence-electron chi connectivity index (χ3n) is 4.03. The summed E-state index contributed by atoms with van der Waals surface area (Å²) in [5.41, 5.74) is -0.484. The quantitative estimate of drug-likeness (QED) is 0.680. The summed E-state index contributed by atoms with van der Waals surface area (Å²) in [6, 6.07) is 0. The Balaban J connectivity index is 2.88. The van der Waals surface area contributed by atoms with Crippen molar-refractivity contribution < 1.29 is 14.3 Å². The molecule has 0 N–H and O–H groups in total. The first-order valence-corrected chi connectivity index (χ1v) is 6.77. The number of carbonyl (C=O) groups excluding carboxylic acids is 1. The molecule has 3 unspecified atom stereocenters. The van der Waals surface area contributed by atoms with Crippen molar-refractivity contribution in [2.45, 2.75) is 26.7 Å². The SMILES string of the molecule is CCC(C)CC1COCC1(CN(C)C)C(=O)OC. The highest BCUT2D eigenvalue weighted by Gasteiger charge is 2.51. The van der Waals surface area contributed by atoms with Crippen LogP contribution in [0.2, 0.25) is 0 Å². The minimum Gasteiger partial charge on any atom is -0.468 e. The molecule has 0 aliphatic carbocycles. The minimum absolute atomic E-state index is 0.123.